The van der Waals surface area contributed by atoms with E-state index in [1.165, 1.54) is 38.5 Å². The molecule has 0 aliphatic heterocycles. The van der Waals surface area contributed by atoms with E-state index in [1.807, 2.05) is 13.8 Å². The van der Waals surface area contributed by atoms with Gasteiger partial charge in [-0.3, -0.25) is 0 Å². The minimum Gasteiger partial charge on any atom is -0.434 e. The Bertz CT molecular complexity index is 857. The van der Waals surface area contributed by atoms with Crippen molar-refractivity contribution >= 4 is 6.16 Å². The molecule has 37 heavy (non-hydrogen) atoms. The molecule has 3 fully saturated rings. The molecule has 3 saturated carbocycles. The molecule has 0 bridgehead atoms. The molecule has 0 heterocycles. The number of fused-ring (bicyclic) bond motifs is 5. The van der Waals surface area contributed by atoms with Gasteiger partial charge in [-0.2, -0.15) is 0 Å². The third kappa shape index (κ3) is 5.72. The van der Waals surface area contributed by atoms with E-state index >= 15 is 0 Å². The van der Waals surface area contributed by atoms with Gasteiger partial charge in [0.05, 0.1) is 6.61 Å². The molecule has 0 spiro atoms. The van der Waals surface area contributed by atoms with Crippen LogP contribution in [0.5, 0.6) is 0 Å². The molecule has 0 amide bonds. The number of ether oxygens (including phenoxy) is 2. The van der Waals surface area contributed by atoms with Gasteiger partial charge >= 0.3 is 6.16 Å². The molecule has 10 atom stereocenters. The normalized spacial score (nSPS) is 39.8. The van der Waals surface area contributed by atoms with Crippen LogP contribution in [0.15, 0.2) is 23.8 Å². The quantitative estimate of drug-likeness (QED) is 0.240. The van der Waals surface area contributed by atoms with Crippen LogP contribution in [0, 0.1) is 58.2 Å². The van der Waals surface area contributed by atoms with Crippen molar-refractivity contribution in [2.75, 3.05) is 6.61 Å². The highest BCUT2D eigenvalue weighted by Gasteiger charge is 2.59. The predicted molar refractivity (Wildman–Crippen MR) is 153 cm³/mol. The number of rotatable bonds is 8. The predicted octanol–water partition coefficient (Wildman–Crippen LogP) is 9.62. The second kappa shape index (κ2) is 11.5. The maximum atomic E-state index is 12.0. The topological polar surface area (TPSA) is 35.5 Å². The Morgan fingerprint density at radius 3 is 2.49 bits per heavy atom. The van der Waals surface area contributed by atoms with Crippen LogP contribution in [0.3, 0.4) is 0 Å². The fraction of sp³-hybridized carbons (Fsp3) is 0.853. The molecule has 10 unspecified atom stereocenters. The lowest BCUT2D eigenvalue weighted by Gasteiger charge is -2.58. The lowest BCUT2D eigenvalue weighted by molar-refractivity contribution is -0.0519. The number of carbonyl (C=O) groups is 1. The van der Waals surface area contributed by atoms with Crippen LogP contribution in [0.4, 0.5) is 4.79 Å². The Balaban J connectivity index is 1.40. The Morgan fingerprint density at radius 1 is 1.03 bits per heavy atom. The molecule has 0 N–H and O–H groups in total. The van der Waals surface area contributed by atoms with Crippen molar-refractivity contribution in [3.05, 3.63) is 23.8 Å². The summed E-state index contributed by atoms with van der Waals surface area (Å²) in [5.41, 5.74) is 2.50. The largest absolute Gasteiger partial charge is 0.508 e. The smallest absolute Gasteiger partial charge is 0.434 e. The van der Waals surface area contributed by atoms with Crippen molar-refractivity contribution in [3.63, 3.8) is 0 Å². The van der Waals surface area contributed by atoms with Crippen molar-refractivity contribution in [3.8, 4) is 0 Å². The van der Waals surface area contributed by atoms with E-state index in [0.717, 1.165) is 48.9 Å². The monoisotopic (exact) mass is 512 g/mol. The van der Waals surface area contributed by atoms with E-state index in [0.29, 0.717) is 35.2 Å². The van der Waals surface area contributed by atoms with E-state index in [-0.39, 0.29) is 6.10 Å². The van der Waals surface area contributed by atoms with Gasteiger partial charge in [0.25, 0.3) is 0 Å². The molecule has 0 radical (unpaired) electrons. The van der Waals surface area contributed by atoms with Crippen molar-refractivity contribution in [2.24, 2.45) is 58.2 Å². The van der Waals surface area contributed by atoms with Crippen LogP contribution < -0.4 is 0 Å². The van der Waals surface area contributed by atoms with Crippen molar-refractivity contribution in [2.45, 2.75) is 119 Å². The van der Waals surface area contributed by atoms with Gasteiger partial charge in [0, 0.05) is 0 Å². The van der Waals surface area contributed by atoms with Crippen LogP contribution in [0.2, 0.25) is 0 Å². The second-order valence-corrected chi connectivity index (χ2v) is 14.3. The highest BCUT2D eigenvalue weighted by Crippen LogP contribution is 2.67. The fourth-order valence-electron chi connectivity index (χ4n) is 8.96. The molecular weight excluding hydrogens is 456 g/mol. The van der Waals surface area contributed by atoms with Gasteiger partial charge in [0.2, 0.25) is 0 Å². The SMILES string of the molecule is CCC(C)OC(=O)OCC1CCC2(C)C(=CCC3C2CCC2(C)C(C(C)C=CC(C)C(C)C)CCC32)C1. The molecule has 4 rings (SSSR count). The Labute approximate surface area is 228 Å². The first-order valence-electron chi connectivity index (χ1n) is 15.7. The maximum Gasteiger partial charge on any atom is 0.508 e. The summed E-state index contributed by atoms with van der Waals surface area (Å²) in [5, 5.41) is 0. The van der Waals surface area contributed by atoms with Crippen LogP contribution in [-0.4, -0.2) is 18.9 Å². The summed E-state index contributed by atoms with van der Waals surface area (Å²) in [6.07, 6.45) is 18.3. The molecule has 210 valence electrons. The van der Waals surface area contributed by atoms with Crippen LogP contribution in [0.1, 0.15) is 113 Å². The van der Waals surface area contributed by atoms with E-state index in [4.69, 9.17) is 9.47 Å². The second-order valence-electron chi connectivity index (χ2n) is 14.3. The average molecular weight is 513 g/mol. The lowest BCUT2D eigenvalue weighted by atomic mass is 9.46. The lowest BCUT2D eigenvalue weighted by Crippen LogP contribution is -2.50. The van der Waals surface area contributed by atoms with Gasteiger partial charge in [0.15, 0.2) is 0 Å². The Morgan fingerprint density at radius 2 is 1.78 bits per heavy atom. The summed E-state index contributed by atoms with van der Waals surface area (Å²) < 4.78 is 10.9. The van der Waals surface area contributed by atoms with Gasteiger partial charge < -0.3 is 9.47 Å². The summed E-state index contributed by atoms with van der Waals surface area (Å²) in [6, 6.07) is 0. The third-order valence-electron chi connectivity index (χ3n) is 12.0. The van der Waals surface area contributed by atoms with E-state index < -0.39 is 6.16 Å². The molecular formula is C34H56O3. The highest BCUT2D eigenvalue weighted by molar-refractivity contribution is 5.60. The van der Waals surface area contributed by atoms with Gasteiger partial charge in [-0.05, 0) is 123 Å². The van der Waals surface area contributed by atoms with Crippen molar-refractivity contribution < 1.29 is 14.3 Å². The molecule has 0 saturated heterocycles. The van der Waals surface area contributed by atoms with Crippen LogP contribution in [0.25, 0.3) is 0 Å². The van der Waals surface area contributed by atoms with Gasteiger partial charge in [-0.25, -0.2) is 4.79 Å². The first-order chi connectivity index (χ1) is 17.5. The van der Waals surface area contributed by atoms with E-state index in [1.54, 1.807) is 5.57 Å². The molecule has 3 nitrogen and oxygen atoms in total. The highest BCUT2D eigenvalue weighted by atomic mass is 16.7. The third-order valence-corrected chi connectivity index (χ3v) is 12.0. The van der Waals surface area contributed by atoms with Gasteiger partial charge in [-0.15, -0.1) is 0 Å². The molecule has 0 aromatic heterocycles. The average Bonchev–Trinajstić information content (AvgIpc) is 3.22. The molecule has 0 aromatic rings. The first kappa shape index (κ1) is 28.8. The number of allylic oxidation sites excluding steroid dienone is 4. The Kier molecular flexibility index (Phi) is 8.91. The van der Waals surface area contributed by atoms with Crippen molar-refractivity contribution in [1.29, 1.82) is 0 Å². The number of hydrogen-bond acceptors (Lipinski definition) is 3. The minimum atomic E-state index is -0.495. The summed E-state index contributed by atoms with van der Waals surface area (Å²) in [5.74, 6) is 5.88. The summed E-state index contributed by atoms with van der Waals surface area (Å²) in [6.45, 7) is 19.2. The van der Waals surface area contributed by atoms with Gasteiger partial charge in [0.1, 0.15) is 6.10 Å². The summed E-state index contributed by atoms with van der Waals surface area (Å²) in [4.78, 5) is 12.0. The maximum absolute atomic E-state index is 12.0. The fourth-order valence-corrected chi connectivity index (χ4v) is 8.96. The minimum absolute atomic E-state index is 0.0742. The molecule has 3 heteroatoms. The number of carbonyl (C=O) groups excluding carboxylic acids is 1. The zero-order valence-electron chi connectivity index (χ0n) is 25.2. The molecule has 4 aliphatic rings. The van der Waals surface area contributed by atoms with Crippen LogP contribution in [-0.2, 0) is 9.47 Å². The Hall–Kier alpha value is -1.25. The standard InChI is InChI=1S/C34H56O3/c1-9-25(6)37-32(35)36-21-26-16-18-33(7)27(20-26)12-13-28-30-15-14-29(34(30,8)19-17-31(28)33)24(5)11-10-23(4)22(2)3/h10-12,22-26,28-31H,9,13-21H2,1-8H3. The van der Waals surface area contributed by atoms with Crippen molar-refractivity contribution in [1.82, 2.24) is 0 Å². The summed E-state index contributed by atoms with van der Waals surface area (Å²) >= 11 is 0. The van der Waals surface area contributed by atoms with E-state index in [2.05, 4.69) is 59.8 Å². The first-order valence-corrected chi connectivity index (χ1v) is 15.7. The van der Waals surface area contributed by atoms with Crippen LogP contribution >= 0.6 is 0 Å². The number of hydrogen-bond donors (Lipinski definition) is 0. The zero-order chi connectivity index (χ0) is 27.0. The van der Waals surface area contributed by atoms with E-state index in [9.17, 15) is 4.79 Å². The molecule has 4 aliphatic carbocycles. The summed E-state index contributed by atoms with van der Waals surface area (Å²) in [7, 11) is 0. The molecule has 0 aromatic carbocycles. The van der Waals surface area contributed by atoms with Gasteiger partial charge in [-0.1, -0.05) is 72.3 Å². The zero-order valence-corrected chi connectivity index (χ0v) is 25.2.